The fourth-order valence-electron chi connectivity index (χ4n) is 3.79. The van der Waals surface area contributed by atoms with Crippen LogP contribution in [0.25, 0.3) is 0 Å². The van der Waals surface area contributed by atoms with Crippen molar-refractivity contribution in [1.82, 2.24) is 9.62 Å². The molecule has 0 spiro atoms. The second kappa shape index (κ2) is 6.09. The number of nitrogens with one attached hydrogen (secondary N) is 1. The maximum absolute atomic E-state index is 12.7. The molecule has 0 unspecified atom stereocenters. The number of amidine groups is 1. The average Bonchev–Trinajstić information content (AvgIpc) is 2.76. The summed E-state index contributed by atoms with van der Waals surface area (Å²) in [6.45, 7) is 15.4. The van der Waals surface area contributed by atoms with Crippen molar-refractivity contribution in [3.05, 3.63) is 11.3 Å². The fraction of sp³-hybridized carbons (Fsp3) is 0.824. The highest BCUT2D eigenvalue weighted by Gasteiger charge is 2.43. The van der Waals surface area contributed by atoms with Crippen molar-refractivity contribution in [2.45, 2.75) is 67.0 Å². The third kappa shape index (κ3) is 3.82. The quantitative estimate of drug-likeness (QED) is 0.842. The molecule has 1 saturated heterocycles. The first-order valence-electron chi connectivity index (χ1n) is 8.41. The van der Waals surface area contributed by atoms with Gasteiger partial charge in [0, 0.05) is 30.1 Å². The van der Waals surface area contributed by atoms with Crippen molar-refractivity contribution in [2.75, 3.05) is 12.6 Å². The van der Waals surface area contributed by atoms with Crippen LogP contribution in [0.2, 0.25) is 0 Å². The Labute approximate surface area is 145 Å². The Morgan fingerprint density at radius 3 is 2.25 bits per heavy atom. The van der Waals surface area contributed by atoms with E-state index in [0.717, 1.165) is 11.5 Å². The predicted molar refractivity (Wildman–Crippen MR) is 96.0 cm³/mol. The number of alkyl halides is 1. The van der Waals surface area contributed by atoms with Gasteiger partial charge in [-0.15, -0.1) is 0 Å². The summed E-state index contributed by atoms with van der Waals surface area (Å²) in [4.78, 5) is 7.07. The largest absolute Gasteiger partial charge is 0.332 e. The Hall–Kier alpha value is -0.950. The molecule has 138 valence electrons. The van der Waals surface area contributed by atoms with Gasteiger partial charge in [-0.25, -0.2) is 17.5 Å². The highest BCUT2D eigenvalue weighted by atomic mass is 32.2. The number of sulfonamides is 1. The zero-order chi connectivity index (χ0) is 18.5. The molecule has 2 aliphatic rings. The maximum Gasteiger partial charge on any atom is 0.241 e. The third-order valence-electron chi connectivity index (χ3n) is 4.44. The molecule has 2 aliphatic heterocycles. The number of fused-ring (bicyclic) bond motifs is 1. The van der Waals surface area contributed by atoms with Crippen LogP contribution >= 0.6 is 0 Å². The Bertz CT molecular complexity index is 669. The number of nitrogens with zero attached hydrogens (tertiary/aromatic N) is 2. The summed E-state index contributed by atoms with van der Waals surface area (Å²) in [6, 6.07) is -1.65. The summed E-state index contributed by atoms with van der Waals surface area (Å²) in [7, 11) is -3.87. The van der Waals surface area contributed by atoms with E-state index in [1.807, 2.05) is 0 Å². The van der Waals surface area contributed by atoms with E-state index in [4.69, 9.17) is 4.99 Å². The third-order valence-corrected chi connectivity index (χ3v) is 5.42. The van der Waals surface area contributed by atoms with Crippen LogP contribution in [0.15, 0.2) is 16.3 Å². The van der Waals surface area contributed by atoms with E-state index in [2.05, 4.69) is 58.1 Å². The van der Waals surface area contributed by atoms with Crippen LogP contribution in [-0.2, 0) is 10.0 Å². The van der Waals surface area contributed by atoms with Crippen LogP contribution in [0.4, 0.5) is 4.39 Å². The summed E-state index contributed by atoms with van der Waals surface area (Å²) in [6.07, 6.45) is 0.575. The second-order valence-electron chi connectivity index (χ2n) is 8.84. The first kappa shape index (κ1) is 19.4. The van der Waals surface area contributed by atoms with Crippen LogP contribution in [0.5, 0.6) is 0 Å². The van der Waals surface area contributed by atoms with Gasteiger partial charge in [-0.3, -0.25) is 4.99 Å². The lowest BCUT2D eigenvalue weighted by molar-refractivity contribution is 0.393. The minimum absolute atomic E-state index is 0.0574. The average molecular weight is 360 g/mol. The molecule has 0 amide bonds. The van der Waals surface area contributed by atoms with Gasteiger partial charge in [0.2, 0.25) is 16.0 Å². The molecule has 0 bridgehead atoms. The summed E-state index contributed by atoms with van der Waals surface area (Å²) < 4.78 is 38.4. The van der Waals surface area contributed by atoms with Crippen LogP contribution in [0.1, 0.15) is 54.9 Å². The Morgan fingerprint density at radius 1 is 1.21 bits per heavy atom. The molecule has 2 heterocycles. The van der Waals surface area contributed by atoms with Crippen molar-refractivity contribution < 1.29 is 12.8 Å². The summed E-state index contributed by atoms with van der Waals surface area (Å²) >= 11 is 0. The highest BCUT2D eigenvalue weighted by Crippen LogP contribution is 2.42. The minimum Gasteiger partial charge on any atom is -0.332 e. The fourth-order valence-corrected chi connectivity index (χ4v) is 4.52. The molecule has 1 fully saturated rings. The molecule has 24 heavy (non-hydrogen) atoms. The Morgan fingerprint density at radius 2 is 1.79 bits per heavy atom. The molecule has 0 aromatic carbocycles. The molecule has 5 nitrogen and oxygen atoms in total. The molecule has 0 saturated carbocycles. The number of aliphatic imine (C=N–C) groups is 1. The molecule has 0 aromatic heterocycles. The van der Waals surface area contributed by atoms with E-state index < -0.39 is 16.0 Å². The molecule has 1 N–H and O–H groups in total. The van der Waals surface area contributed by atoms with E-state index in [-0.39, 0.29) is 22.9 Å². The lowest BCUT2D eigenvalue weighted by Crippen LogP contribution is -2.45. The van der Waals surface area contributed by atoms with E-state index in [9.17, 15) is 12.8 Å². The van der Waals surface area contributed by atoms with Gasteiger partial charge in [0.05, 0.1) is 6.04 Å². The molecule has 0 aliphatic carbocycles. The van der Waals surface area contributed by atoms with E-state index in [0.29, 0.717) is 13.0 Å². The van der Waals surface area contributed by atoms with Crippen LogP contribution < -0.4 is 4.72 Å². The topological polar surface area (TPSA) is 61.8 Å². The van der Waals surface area contributed by atoms with Crippen molar-refractivity contribution in [3.63, 3.8) is 0 Å². The van der Waals surface area contributed by atoms with Gasteiger partial charge in [-0.05, 0) is 17.9 Å². The van der Waals surface area contributed by atoms with Gasteiger partial charge in [-0.2, -0.15) is 0 Å². The standard InChI is InChI=1S/C17H30FN3O2S/c1-11-14(16(2,3)4)13-8-12(20-24(22,23)10-18)9-21(13)15(19-11)17(5,6)7/h11-12,20H,8-10H2,1-7H3/t11-,12-/m0/s1. The van der Waals surface area contributed by atoms with Gasteiger partial charge in [0.25, 0.3) is 0 Å². The second-order valence-corrected chi connectivity index (χ2v) is 10.5. The van der Waals surface area contributed by atoms with Gasteiger partial charge in [0.15, 0.2) is 0 Å². The lowest BCUT2D eigenvalue weighted by Gasteiger charge is -2.41. The van der Waals surface area contributed by atoms with Crippen molar-refractivity contribution >= 4 is 15.9 Å². The zero-order valence-corrected chi connectivity index (χ0v) is 16.6. The summed E-state index contributed by atoms with van der Waals surface area (Å²) in [5, 5.41) is 0. The maximum atomic E-state index is 12.7. The lowest BCUT2D eigenvalue weighted by atomic mass is 9.79. The number of hydrogen-bond acceptors (Lipinski definition) is 4. The SMILES string of the molecule is C[C@@H]1N=C(C(C)(C)C)N2C[C@@H](NS(=O)(=O)CF)CC2=C1C(C)(C)C. The van der Waals surface area contributed by atoms with E-state index in [1.54, 1.807) is 0 Å². The smallest absolute Gasteiger partial charge is 0.241 e. The van der Waals surface area contributed by atoms with E-state index in [1.165, 1.54) is 5.57 Å². The molecular formula is C17H30FN3O2S. The van der Waals surface area contributed by atoms with Crippen molar-refractivity contribution in [3.8, 4) is 0 Å². The van der Waals surface area contributed by atoms with Crippen molar-refractivity contribution in [1.29, 1.82) is 0 Å². The Kier molecular flexibility index (Phi) is 4.92. The molecule has 2 atom stereocenters. The monoisotopic (exact) mass is 359 g/mol. The Balaban J connectivity index is 2.46. The molecular weight excluding hydrogens is 329 g/mol. The van der Waals surface area contributed by atoms with Gasteiger partial charge >= 0.3 is 0 Å². The van der Waals surface area contributed by atoms with Gasteiger partial charge in [0.1, 0.15) is 5.84 Å². The molecule has 2 rings (SSSR count). The predicted octanol–water partition coefficient (Wildman–Crippen LogP) is 3.05. The zero-order valence-electron chi connectivity index (χ0n) is 15.8. The van der Waals surface area contributed by atoms with Crippen molar-refractivity contribution in [2.24, 2.45) is 15.8 Å². The molecule has 7 heteroatoms. The van der Waals surface area contributed by atoms with Gasteiger partial charge < -0.3 is 4.90 Å². The number of rotatable bonds is 3. The number of hydrogen-bond donors (Lipinski definition) is 1. The summed E-state index contributed by atoms with van der Waals surface area (Å²) in [5.74, 6) is 0.972. The first-order valence-corrected chi connectivity index (χ1v) is 10.1. The number of halogens is 1. The summed E-state index contributed by atoms with van der Waals surface area (Å²) in [5.41, 5.74) is 2.17. The molecule has 0 aromatic rings. The molecule has 0 radical (unpaired) electrons. The van der Waals surface area contributed by atoms with E-state index >= 15 is 0 Å². The highest BCUT2D eigenvalue weighted by molar-refractivity contribution is 7.89. The first-order chi connectivity index (χ1) is 10.8. The van der Waals surface area contributed by atoms with Gasteiger partial charge in [-0.1, -0.05) is 41.5 Å². The minimum atomic E-state index is -3.87. The van der Waals surface area contributed by atoms with Crippen LogP contribution in [-0.4, -0.2) is 43.8 Å². The normalized spacial score (nSPS) is 25.8. The van der Waals surface area contributed by atoms with Crippen LogP contribution in [0.3, 0.4) is 0 Å². The van der Waals surface area contributed by atoms with Crippen LogP contribution in [0, 0.1) is 10.8 Å².